The Morgan fingerprint density at radius 2 is 2.36 bits per heavy atom. The van der Waals surface area contributed by atoms with Gasteiger partial charge in [0.2, 0.25) is 11.8 Å². The minimum Gasteiger partial charge on any atom is -0.340 e. The summed E-state index contributed by atoms with van der Waals surface area (Å²) < 4.78 is 4.93. The summed E-state index contributed by atoms with van der Waals surface area (Å²) in [5, 5.41) is 10.6. The molecule has 2 N–H and O–H groups in total. The summed E-state index contributed by atoms with van der Waals surface area (Å²) in [6.45, 7) is 6.71. The quantitative estimate of drug-likeness (QED) is 0.810. The first-order valence-corrected chi connectivity index (χ1v) is 7.87. The average molecular weight is 322 g/mol. The Balaban J connectivity index is 1.38. The third-order valence-corrected chi connectivity index (χ3v) is 4.19. The van der Waals surface area contributed by atoms with Crippen molar-refractivity contribution in [2.75, 3.05) is 18.4 Å². The van der Waals surface area contributed by atoms with Gasteiger partial charge in [-0.3, -0.25) is 9.69 Å². The molecule has 0 unspecified atom stereocenters. The molecule has 3 heterocycles. The number of hydrogen-bond donors (Lipinski definition) is 2. The van der Waals surface area contributed by atoms with Crippen LogP contribution in [0.25, 0.3) is 0 Å². The van der Waals surface area contributed by atoms with Gasteiger partial charge < -0.3 is 15.2 Å². The lowest BCUT2D eigenvalue weighted by molar-refractivity contribution is -0.114. The van der Waals surface area contributed by atoms with Gasteiger partial charge in [0.15, 0.2) is 11.0 Å². The molecule has 1 aliphatic rings. The maximum absolute atomic E-state index is 11.0. The molecule has 9 heteroatoms. The van der Waals surface area contributed by atoms with Gasteiger partial charge in [0, 0.05) is 50.6 Å². The first-order valence-electron chi connectivity index (χ1n) is 7.05. The van der Waals surface area contributed by atoms with Crippen molar-refractivity contribution in [2.45, 2.75) is 33.0 Å². The molecule has 22 heavy (non-hydrogen) atoms. The summed E-state index contributed by atoms with van der Waals surface area (Å²) in [7, 11) is 0. The summed E-state index contributed by atoms with van der Waals surface area (Å²) in [4.78, 5) is 22.8. The molecule has 8 nitrogen and oxygen atoms in total. The van der Waals surface area contributed by atoms with Gasteiger partial charge in [0.1, 0.15) is 0 Å². The van der Waals surface area contributed by atoms with E-state index in [0.717, 1.165) is 24.5 Å². The first kappa shape index (κ1) is 15.1. The molecule has 0 radical (unpaired) electrons. The Hall–Kier alpha value is -1.84. The van der Waals surface area contributed by atoms with Crippen molar-refractivity contribution in [3.8, 4) is 0 Å². The lowest BCUT2D eigenvalue weighted by atomic mass is 10.1. The fourth-order valence-corrected chi connectivity index (χ4v) is 3.19. The molecule has 0 atom stereocenters. The number of aromatic nitrogens is 3. The van der Waals surface area contributed by atoms with E-state index in [1.54, 1.807) is 6.92 Å². The predicted molar refractivity (Wildman–Crippen MR) is 81.4 cm³/mol. The summed E-state index contributed by atoms with van der Waals surface area (Å²) in [5.41, 5.74) is 0. The molecule has 0 saturated carbocycles. The monoisotopic (exact) mass is 322 g/mol. The summed E-state index contributed by atoms with van der Waals surface area (Å²) in [6.07, 6.45) is 1.82. The van der Waals surface area contributed by atoms with Crippen molar-refractivity contribution < 1.29 is 9.32 Å². The van der Waals surface area contributed by atoms with Gasteiger partial charge in [-0.05, 0) is 0 Å². The molecule has 2 aromatic heterocycles. The van der Waals surface area contributed by atoms with Crippen molar-refractivity contribution in [1.29, 1.82) is 0 Å². The molecule has 0 spiro atoms. The van der Waals surface area contributed by atoms with Crippen LogP contribution < -0.4 is 10.6 Å². The topological polar surface area (TPSA) is 96.2 Å². The molecule has 1 fully saturated rings. The minimum absolute atomic E-state index is 0.0918. The van der Waals surface area contributed by atoms with Crippen molar-refractivity contribution >= 4 is 22.4 Å². The Morgan fingerprint density at radius 3 is 3.05 bits per heavy atom. The maximum atomic E-state index is 11.0. The highest BCUT2D eigenvalue weighted by atomic mass is 32.1. The Labute approximate surface area is 131 Å². The molecule has 1 aliphatic heterocycles. The van der Waals surface area contributed by atoms with Crippen LogP contribution in [-0.2, 0) is 17.9 Å². The lowest BCUT2D eigenvalue weighted by Crippen LogP contribution is -2.57. The largest absolute Gasteiger partial charge is 0.340 e. The summed E-state index contributed by atoms with van der Waals surface area (Å²) in [6, 6.07) is 0.446. The molecule has 2 aromatic rings. The van der Waals surface area contributed by atoms with Crippen LogP contribution in [0, 0.1) is 6.92 Å². The third kappa shape index (κ3) is 3.87. The number of rotatable bonds is 6. The van der Waals surface area contributed by atoms with Gasteiger partial charge in [0.05, 0.1) is 6.54 Å². The number of thiazole rings is 1. The van der Waals surface area contributed by atoms with Crippen molar-refractivity contribution in [2.24, 2.45) is 0 Å². The van der Waals surface area contributed by atoms with Crippen LogP contribution in [0.4, 0.5) is 5.13 Å². The van der Waals surface area contributed by atoms with Gasteiger partial charge in [-0.25, -0.2) is 4.98 Å². The molecule has 118 valence electrons. The number of aryl methyl sites for hydroxylation is 1. The number of carbonyl (C=O) groups excluding carboxylic acids is 1. The molecule has 1 amide bonds. The molecule has 0 bridgehead atoms. The van der Waals surface area contributed by atoms with E-state index in [-0.39, 0.29) is 5.91 Å². The normalized spacial score (nSPS) is 15.7. The number of hydrogen-bond acceptors (Lipinski definition) is 8. The number of nitrogens with one attached hydrogen (secondary N) is 2. The number of anilines is 1. The van der Waals surface area contributed by atoms with E-state index >= 15 is 0 Å². The maximum Gasteiger partial charge on any atom is 0.223 e. The fourth-order valence-electron chi connectivity index (χ4n) is 2.29. The van der Waals surface area contributed by atoms with E-state index in [9.17, 15) is 4.79 Å². The van der Waals surface area contributed by atoms with Crippen molar-refractivity contribution in [1.82, 2.24) is 25.3 Å². The molecular formula is C13H18N6O2S. The number of likely N-dealkylation sites (tertiary alicyclic amines) is 1. The lowest BCUT2D eigenvalue weighted by Gasteiger charge is -2.39. The Morgan fingerprint density at radius 1 is 1.55 bits per heavy atom. The van der Waals surface area contributed by atoms with Gasteiger partial charge in [-0.15, -0.1) is 11.3 Å². The zero-order valence-electron chi connectivity index (χ0n) is 12.5. The predicted octanol–water partition coefficient (Wildman–Crippen LogP) is 0.767. The van der Waals surface area contributed by atoms with E-state index in [2.05, 4.69) is 30.7 Å². The van der Waals surface area contributed by atoms with Crippen LogP contribution >= 0.6 is 11.3 Å². The number of carbonyl (C=O) groups is 1. The molecule has 0 aromatic carbocycles. The molecule has 3 rings (SSSR count). The van der Waals surface area contributed by atoms with E-state index in [4.69, 9.17) is 4.52 Å². The van der Waals surface area contributed by atoms with Gasteiger partial charge in [0.25, 0.3) is 0 Å². The van der Waals surface area contributed by atoms with E-state index in [1.165, 1.54) is 18.3 Å². The van der Waals surface area contributed by atoms with Crippen LogP contribution in [0.3, 0.4) is 0 Å². The minimum atomic E-state index is -0.0918. The standard InChI is InChI=1S/C13H18N6O2S/c1-8(20)16-13-15-3-11(22-13)7-19-5-10(6-19)14-4-12-17-9(2)21-18-12/h3,10,14H,4-7H2,1-2H3,(H,15,16,20). The average Bonchev–Trinajstić information content (AvgIpc) is 3.01. The number of amides is 1. The second-order valence-electron chi connectivity index (χ2n) is 5.31. The van der Waals surface area contributed by atoms with Crippen LogP contribution in [0.1, 0.15) is 23.5 Å². The Kier molecular flexibility index (Phi) is 4.46. The van der Waals surface area contributed by atoms with E-state index in [1.807, 2.05) is 6.20 Å². The SMILES string of the molecule is CC(=O)Nc1ncc(CN2CC(NCc3noc(C)n3)C2)s1. The highest BCUT2D eigenvalue weighted by Gasteiger charge is 2.26. The molecule has 1 saturated heterocycles. The molecular weight excluding hydrogens is 304 g/mol. The van der Waals surface area contributed by atoms with Crippen molar-refractivity contribution in [3.63, 3.8) is 0 Å². The summed E-state index contributed by atoms with van der Waals surface area (Å²) >= 11 is 1.52. The van der Waals surface area contributed by atoms with Gasteiger partial charge in [-0.2, -0.15) is 4.98 Å². The van der Waals surface area contributed by atoms with Crippen molar-refractivity contribution in [3.05, 3.63) is 22.8 Å². The van der Waals surface area contributed by atoms with Gasteiger partial charge in [-0.1, -0.05) is 5.16 Å². The fraction of sp³-hybridized carbons (Fsp3) is 0.538. The van der Waals surface area contributed by atoms with E-state index < -0.39 is 0 Å². The summed E-state index contributed by atoms with van der Waals surface area (Å²) in [5.74, 6) is 1.19. The van der Waals surface area contributed by atoms with Crippen LogP contribution in [0.15, 0.2) is 10.7 Å². The molecule has 0 aliphatic carbocycles. The first-order chi connectivity index (χ1) is 10.6. The third-order valence-electron chi connectivity index (χ3n) is 3.29. The second-order valence-corrected chi connectivity index (χ2v) is 6.43. The Bertz CT molecular complexity index is 649. The smallest absolute Gasteiger partial charge is 0.223 e. The van der Waals surface area contributed by atoms with E-state index in [0.29, 0.717) is 29.4 Å². The second kappa shape index (κ2) is 6.51. The number of nitrogens with zero attached hydrogens (tertiary/aromatic N) is 4. The van der Waals surface area contributed by atoms with Crippen LogP contribution in [0.2, 0.25) is 0 Å². The highest BCUT2D eigenvalue weighted by Crippen LogP contribution is 2.22. The highest BCUT2D eigenvalue weighted by molar-refractivity contribution is 7.15. The van der Waals surface area contributed by atoms with Crippen LogP contribution in [0.5, 0.6) is 0 Å². The van der Waals surface area contributed by atoms with Crippen LogP contribution in [-0.4, -0.2) is 45.1 Å². The zero-order valence-corrected chi connectivity index (χ0v) is 13.3. The van der Waals surface area contributed by atoms with Gasteiger partial charge >= 0.3 is 0 Å². The zero-order chi connectivity index (χ0) is 15.5.